The standard InChI is InChI=1S/C17H34N2O/c1-2-11-18-16(15-20)6-12-19-13-9-17(10-14-19)7-4-3-5-8-17/h16,18,20H,2-15H2,1H3. The molecule has 2 aliphatic rings. The van der Waals surface area contributed by atoms with Crippen molar-refractivity contribution < 1.29 is 5.11 Å². The first kappa shape index (κ1) is 16.3. The van der Waals surface area contributed by atoms with Gasteiger partial charge in [-0.15, -0.1) is 0 Å². The molecule has 0 radical (unpaired) electrons. The highest BCUT2D eigenvalue weighted by Crippen LogP contribution is 2.44. The smallest absolute Gasteiger partial charge is 0.0585 e. The number of aliphatic hydroxyl groups is 1. The predicted octanol–water partition coefficient (Wildman–Crippen LogP) is 2.78. The van der Waals surface area contributed by atoms with Gasteiger partial charge in [0.05, 0.1) is 6.61 Å². The third kappa shape index (κ3) is 4.71. The Hall–Kier alpha value is -0.120. The van der Waals surface area contributed by atoms with Crippen LogP contribution in [0.4, 0.5) is 0 Å². The van der Waals surface area contributed by atoms with E-state index in [0.717, 1.165) is 25.9 Å². The van der Waals surface area contributed by atoms with Crippen molar-refractivity contribution in [2.45, 2.75) is 70.8 Å². The first-order chi connectivity index (χ1) is 9.78. The third-order valence-electron chi connectivity index (χ3n) is 5.53. The lowest BCUT2D eigenvalue weighted by Gasteiger charge is -2.44. The van der Waals surface area contributed by atoms with Crippen LogP contribution in [-0.4, -0.2) is 48.8 Å². The number of piperidine rings is 1. The van der Waals surface area contributed by atoms with Gasteiger partial charge in [0.2, 0.25) is 0 Å². The van der Waals surface area contributed by atoms with E-state index in [-0.39, 0.29) is 6.61 Å². The fourth-order valence-electron chi connectivity index (χ4n) is 4.00. The molecule has 0 aromatic heterocycles. The van der Waals surface area contributed by atoms with E-state index in [9.17, 15) is 5.11 Å². The van der Waals surface area contributed by atoms with Crippen molar-refractivity contribution in [3.8, 4) is 0 Å². The molecule has 2 fully saturated rings. The van der Waals surface area contributed by atoms with Gasteiger partial charge in [-0.3, -0.25) is 0 Å². The zero-order valence-corrected chi connectivity index (χ0v) is 13.4. The Morgan fingerprint density at radius 3 is 2.40 bits per heavy atom. The minimum absolute atomic E-state index is 0.276. The molecule has 1 spiro atoms. The lowest BCUT2D eigenvalue weighted by Crippen LogP contribution is -2.43. The quantitative estimate of drug-likeness (QED) is 0.754. The number of aliphatic hydroxyl groups excluding tert-OH is 1. The molecule has 1 saturated heterocycles. The number of nitrogens with one attached hydrogen (secondary N) is 1. The fraction of sp³-hybridized carbons (Fsp3) is 1.00. The van der Waals surface area contributed by atoms with Crippen LogP contribution >= 0.6 is 0 Å². The Balaban J connectivity index is 1.66. The predicted molar refractivity (Wildman–Crippen MR) is 85.0 cm³/mol. The molecular weight excluding hydrogens is 248 g/mol. The van der Waals surface area contributed by atoms with Gasteiger partial charge in [-0.05, 0) is 70.1 Å². The second-order valence-electron chi connectivity index (χ2n) is 7.02. The molecule has 0 aromatic rings. The normalized spacial score (nSPS) is 24.9. The molecule has 2 N–H and O–H groups in total. The summed E-state index contributed by atoms with van der Waals surface area (Å²) in [4.78, 5) is 2.62. The average Bonchev–Trinajstić information content (AvgIpc) is 2.50. The van der Waals surface area contributed by atoms with Gasteiger partial charge >= 0.3 is 0 Å². The lowest BCUT2D eigenvalue weighted by molar-refractivity contribution is 0.0644. The molecule has 20 heavy (non-hydrogen) atoms. The van der Waals surface area contributed by atoms with Crippen LogP contribution in [0.2, 0.25) is 0 Å². The third-order valence-corrected chi connectivity index (χ3v) is 5.53. The van der Waals surface area contributed by atoms with Gasteiger partial charge in [0.1, 0.15) is 0 Å². The van der Waals surface area contributed by atoms with Crippen LogP contribution in [0.1, 0.15) is 64.7 Å². The Bertz CT molecular complexity index is 254. The van der Waals surface area contributed by atoms with Gasteiger partial charge in [-0.2, -0.15) is 0 Å². The van der Waals surface area contributed by atoms with Crippen LogP contribution in [-0.2, 0) is 0 Å². The summed E-state index contributed by atoms with van der Waals surface area (Å²) in [6.07, 6.45) is 12.4. The van der Waals surface area contributed by atoms with E-state index in [1.807, 2.05) is 0 Å². The van der Waals surface area contributed by atoms with Crippen LogP contribution in [0, 0.1) is 5.41 Å². The van der Waals surface area contributed by atoms with Gasteiger partial charge in [0.15, 0.2) is 0 Å². The monoisotopic (exact) mass is 282 g/mol. The van der Waals surface area contributed by atoms with E-state index in [1.165, 1.54) is 58.0 Å². The Kier molecular flexibility index (Phi) is 6.79. The molecule has 1 saturated carbocycles. The molecule has 0 aromatic carbocycles. The van der Waals surface area contributed by atoms with E-state index in [2.05, 4.69) is 17.1 Å². The molecule has 1 atom stereocenters. The summed E-state index contributed by atoms with van der Waals surface area (Å²) >= 11 is 0. The molecule has 1 heterocycles. The average molecular weight is 282 g/mol. The van der Waals surface area contributed by atoms with Crippen LogP contribution in [0.15, 0.2) is 0 Å². The maximum Gasteiger partial charge on any atom is 0.0585 e. The molecule has 0 bridgehead atoms. The van der Waals surface area contributed by atoms with Crippen molar-refractivity contribution in [2.24, 2.45) is 5.41 Å². The molecule has 1 aliphatic carbocycles. The van der Waals surface area contributed by atoms with Crippen molar-refractivity contribution in [2.75, 3.05) is 32.8 Å². The van der Waals surface area contributed by atoms with Crippen LogP contribution in [0.25, 0.3) is 0 Å². The van der Waals surface area contributed by atoms with Gasteiger partial charge < -0.3 is 15.3 Å². The van der Waals surface area contributed by atoms with E-state index in [4.69, 9.17) is 0 Å². The van der Waals surface area contributed by atoms with Gasteiger partial charge in [-0.25, -0.2) is 0 Å². The highest BCUT2D eigenvalue weighted by molar-refractivity contribution is 4.88. The SMILES string of the molecule is CCCNC(CO)CCN1CCC2(CCCCC2)CC1. The second kappa shape index (κ2) is 8.35. The molecule has 2 rings (SSSR count). The summed E-state index contributed by atoms with van der Waals surface area (Å²) in [6.45, 7) is 7.19. The summed E-state index contributed by atoms with van der Waals surface area (Å²) < 4.78 is 0. The highest BCUT2D eigenvalue weighted by atomic mass is 16.3. The molecule has 3 heteroatoms. The van der Waals surface area contributed by atoms with Crippen molar-refractivity contribution >= 4 is 0 Å². The zero-order valence-electron chi connectivity index (χ0n) is 13.4. The topological polar surface area (TPSA) is 35.5 Å². The molecule has 1 unspecified atom stereocenters. The number of nitrogens with zero attached hydrogens (tertiary/aromatic N) is 1. The van der Waals surface area contributed by atoms with Gasteiger partial charge in [0.25, 0.3) is 0 Å². The minimum Gasteiger partial charge on any atom is -0.395 e. The number of hydrogen-bond donors (Lipinski definition) is 2. The Morgan fingerprint density at radius 2 is 1.80 bits per heavy atom. The number of likely N-dealkylation sites (tertiary alicyclic amines) is 1. The van der Waals surface area contributed by atoms with E-state index in [0.29, 0.717) is 11.5 Å². The minimum atomic E-state index is 0.276. The second-order valence-corrected chi connectivity index (χ2v) is 7.02. The van der Waals surface area contributed by atoms with Gasteiger partial charge in [-0.1, -0.05) is 26.2 Å². The van der Waals surface area contributed by atoms with Gasteiger partial charge in [0, 0.05) is 6.04 Å². The van der Waals surface area contributed by atoms with Crippen molar-refractivity contribution in [1.82, 2.24) is 10.2 Å². The molecule has 0 amide bonds. The Labute approximate surface area is 125 Å². The zero-order chi connectivity index (χ0) is 14.3. The molecule has 118 valence electrons. The van der Waals surface area contributed by atoms with E-state index >= 15 is 0 Å². The summed E-state index contributed by atoms with van der Waals surface area (Å²) in [7, 11) is 0. The molecule has 3 nitrogen and oxygen atoms in total. The maximum atomic E-state index is 9.40. The molecule has 1 aliphatic heterocycles. The highest BCUT2D eigenvalue weighted by Gasteiger charge is 2.35. The summed E-state index contributed by atoms with van der Waals surface area (Å²) in [5.41, 5.74) is 0.714. The van der Waals surface area contributed by atoms with Crippen LogP contribution in [0.5, 0.6) is 0 Å². The summed E-state index contributed by atoms with van der Waals surface area (Å²) in [6, 6.07) is 0.292. The summed E-state index contributed by atoms with van der Waals surface area (Å²) in [5.74, 6) is 0. The number of hydrogen-bond acceptors (Lipinski definition) is 3. The maximum absolute atomic E-state index is 9.40. The van der Waals surface area contributed by atoms with Crippen LogP contribution in [0.3, 0.4) is 0 Å². The first-order valence-electron chi connectivity index (χ1n) is 8.84. The largest absolute Gasteiger partial charge is 0.395 e. The van der Waals surface area contributed by atoms with Crippen molar-refractivity contribution in [3.05, 3.63) is 0 Å². The fourth-order valence-corrected chi connectivity index (χ4v) is 4.00. The van der Waals surface area contributed by atoms with Crippen molar-refractivity contribution in [3.63, 3.8) is 0 Å². The van der Waals surface area contributed by atoms with Crippen LogP contribution < -0.4 is 5.32 Å². The first-order valence-corrected chi connectivity index (χ1v) is 8.84. The van der Waals surface area contributed by atoms with Crippen molar-refractivity contribution in [1.29, 1.82) is 0 Å². The molecular formula is C17H34N2O. The summed E-state index contributed by atoms with van der Waals surface area (Å²) in [5, 5.41) is 12.8. The number of rotatable bonds is 7. The Morgan fingerprint density at radius 1 is 1.10 bits per heavy atom. The van der Waals surface area contributed by atoms with E-state index < -0.39 is 0 Å². The van der Waals surface area contributed by atoms with E-state index in [1.54, 1.807) is 0 Å². The lowest BCUT2D eigenvalue weighted by atomic mass is 9.68.